The Labute approximate surface area is 144 Å². The Morgan fingerprint density at radius 2 is 2.13 bits per heavy atom. The molecule has 3 atom stereocenters. The number of methoxy groups -OCH3 is 1. The van der Waals surface area contributed by atoms with Gasteiger partial charge in [-0.25, -0.2) is 4.79 Å². The highest BCUT2D eigenvalue weighted by Crippen LogP contribution is 2.33. The predicted molar refractivity (Wildman–Crippen MR) is 90.5 cm³/mol. The second-order valence-electron chi connectivity index (χ2n) is 5.45. The van der Waals surface area contributed by atoms with Gasteiger partial charge in [-0.3, -0.25) is 9.69 Å². The fourth-order valence-electron chi connectivity index (χ4n) is 2.80. The smallest absolute Gasteiger partial charge is 0.327 e. The van der Waals surface area contributed by atoms with Crippen LogP contribution in [-0.2, 0) is 14.3 Å². The van der Waals surface area contributed by atoms with Gasteiger partial charge < -0.3 is 9.84 Å². The first kappa shape index (κ1) is 18.3. The van der Waals surface area contributed by atoms with E-state index >= 15 is 0 Å². The Morgan fingerprint density at radius 3 is 2.70 bits per heavy atom. The molecule has 7 heteroatoms. The number of aliphatic hydroxyl groups excluding tert-OH is 1. The molecule has 0 saturated carbocycles. The molecule has 1 saturated heterocycles. The zero-order chi connectivity index (χ0) is 17.0. The predicted octanol–water partition coefficient (Wildman–Crippen LogP) is 2.27. The summed E-state index contributed by atoms with van der Waals surface area (Å²) >= 11 is 7.38. The lowest BCUT2D eigenvalue weighted by atomic mass is 10.00. The first-order chi connectivity index (χ1) is 10.9. The number of rotatable bonds is 4. The molecule has 2 unspecified atom stereocenters. The Hall–Kier alpha value is -1.08. The number of likely N-dealkylation sites (tertiary alicyclic amines) is 1. The monoisotopic (exact) mass is 357 g/mol. The summed E-state index contributed by atoms with van der Waals surface area (Å²) in [6.07, 6.45) is -0.0732. The zero-order valence-corrected chi connectivity index (χ0v) is 14.6. The standard InChI is InChI=1S/C16H20ClNO4S/c1-10(19)23-14-7-8-18(9-13(14)20)15(16(21)22-2)11-5-3-4-6-12(11)17/h3-6,13-15,20H,7-9H2,1-2H3/t13?,14?,15-/m0/s1. The van der Waals surface area contributed by atoms with E-state index in [9.17, 15) is 14.7 Å². The first-order valence-electron chi connectivity index (χ1n) is 7.35. The van der Waals surface area contributed by atoms with Crippen LogP contribution in [0.25, 0.3) is 0 Å². The second kappa shape index (κ2) is 8.15. The molecule has 2 rings (SSSR count). The van der Waals surface area contributed by atoms with Gasteiger partial charge in [-0.05, 0) is 18.1 Å². The highest BCUT2D eigenvalue weighted by Gasteiger charge is 2.37. The number of halogens is 1. The molecule has 0 radical (unpaired) electrons. The number of carbonyl (C=O) groups excluding carboxylic acids is 2. The van der Waals surface area contributed by atoms with E-state index in [1.807, 2.05) is 11.0 Å². The number of nitrogens with zero attached hydrogens (tertiary/aromatic N) is 1. The third-order valence-corrected chi connectivity index (χ3v) is 5.39. The minimum Gasteiger partial charge on any atom is -0.468 e. The number of aliphatic hydroxyl groups is 1. The Kier molecular flexibility index (Phi) is 6.47. The van der Waals surface area contributed by atoms with Gasteiger partial charge in [-0.1, -0.05) is 41.6 Å². The van der Waals surface area contributed by atoms with E-state index in [0.29, 0.717) is 23.6 Å². The van der Waals surface area contributed by atoms with Crippen LogP contribution in [0.2, 0.25) is 5.02 Å². The van der Waals surface area contributed by atoms with Crippen LogP contribution in [0.1, 0.15) is 24.9 Å². The van der Waals surface area contributed by atoms with E-state index in [1.165, 1.54) is 14.0 Å². The molecule has 0 amide bonds. The van der Waals surface area contributed by atoms with Gasteiger partial charge in [0.2, 0.25) is 0 Å². The van der Waals surface area contributed by atoms with Crippen molar-refractivity contribution in [2.45, 2.75) is 30.7 Å². The fraction of sp³-hybridized carbons (Fsp3) is 0.500. The third kappa shape index (κ3) is 4.47. The Balaban J connectivity index is 2.20. The molecule has 1 aliphatic heterocycles. The van der Waals surface area contributed by atoms with E-state index in [-0.39, 0.29) is 16.9 Å². The molecule has 1 N–H and O–H groups in total. The topological polar surface area (TPSA) is 66.8 Å². The van der Waals surface area contributed by atoms with Gasteiger partial charge in [0.25, 0.3) is 0 Å². The highest BCUT2D eigenvalue weighted by molar-refractivity contribution is 8.14. The van der Waals surface area contributed by atoms with Crippen LogP contribution >= 0.6 is 23.4 Å². The maximum absolute atomic E-state index is 12.3. The fourth-order valence-corrected chi connectivity index (χ4v) is 3.93. The molecule has 5 nitrogen and oxygen atoms in total. The van der Waals surface area contributed by atoms with Gasteiger partial charge in [0.05, 0.1) is 13.2 Å². The number of β-amino-alcohol motifs (C(OH)–C–C–N with tert-alkyl or cyclic N) is 1. The van der Waals surface area contributed by atoms with Crippen LogP contribution in [0.4, 0.5) is 0 Å². The van der Waals surface area contributed by atoms with Crippen molar-refractivity contribution in [3.8, 4) is 0 Å². The van der Waals surface area contributed by atoms with Crippen molar-refractivity contribution in [2.24, 2.45) is 0 Å². The zero-order valence-electron chi connectivity index (χ0n) is 13.1. The summed E-state index contributed by atoms with van der Waals surface area (Å²) in [5.41, 5.74) is 0.658. The van der Waals surface area contributed by atoms with E-state index in [1.54, 1.807) is 18.2 Å². The number of benzene rings is 1. The van der Waals surface area contributed by atoms with Gasteiger partial charge in [-0.15, -0.1) is 0 Å². The van der Waals surface area contributed by atoms with Crippen molar-refractivity contribution >= 4 is 34.4 Å². The molecule has 0 aromatic heterocycles. The second-order valence-corrected chi connectivity index (χ2v) is 7.27. The Bertz CT molecular complexity index is 583. The van der Waals surface area contributed by atoms with Gasteiger partial charge >= 0.3 is 5.97 Å². The molecule has 126 valence electrons. The van der Waals surface area contributed by atoms with E-state index in [2.05, 4.69) is 0 Å². The van der Waals surface area contributed by atoms with Crippen molar-refractivity contribution < 1.29 is 19.4 Å². The minimum atomic E-state index is -0.688. The van der Waals surface area contributed by atoms with Crippen molar-refractivity contribution in [1.82, 2.24) is 4.90 Å². The van der Waals surface area contributed by atoms with Gasteiger partial charge in [-0.2, -0.15) is 0 Å². The summed E-state index contributed by atoms with van der Waals surface area (Å²) < 4.78 is 4.92. The van der Waals surface area contributed by atoms with Crippen molar-refractivity contribution in [3.63, 3.8) is 0 Å². The lowest BCUT2D eigenvalue weighted by Gasteiger charge is -2.38. The quantitative estimate of drug-likeness (QED) is 0.834. The number of hydrogen-bond donors (Lipinski definition) is 1. The normalized spacial score (nSPS) is 23.3. The average Bonchev–Trinajstić information content (AvgIpc) is 2.51. The van der Waals surface area contributed by atoms with Crippen LogP contribution in [0.15, 0.2) is 24.3 Å². The summed E-state index contributed by atoms with van der Waals surface area (Å²) in [5, 5.41) is 10.6. The van der Waals surface area contributed by atoms with Crippen LogP contribution in [0.3, 0.4) is 0 Å². The number of piperidine rings is 1. The van der Waals surface area contributed by atoms with Gasteiger partial charge in [0, 0.05) is 30.3 Å². The molecule has 0 bridgehead atoms. The van der Waals surface area contributed by atoms with Crippen LogP contribution < -0.4 is 0 Å². The maximum Gasteiger partial charge on any atom is 0.327 e. The number of hydrogen-bond acceptors (Lipinski definition) is 6. The van der Waals surface area contributed by atoms with Crippen LogP contribution in [0.5, 0.6) is 0 Å². The van der Waals surface area contributed by atoms with Crippen molar-refractivity contribution in [2.75, 3.05) is 20.2 Å². The molecule has 23 heavy (non-hydrogen) atoms. The largest absolute Gasteiger partial charge is 0.468 e. The number of esters is 1. The van der Waals surface area contributed by atoms with Crippen molar-refractivity contribution in [1.29, 1.82) is 0 Å². The minimum absolute atomic E-state index is 0.0156. The number of thioether (sulfide) groups is 1. The average molecular weight is 358 g/mol. The number of carbonyl (C=O) groups is 2. The summed E-state index contributed by atoms with van der Waals surface area (Å²) in [4.78, 5) is 25.4. The lowest BCUT2D eigenvalue weighted by molar-refractivity contribution is -0.148. The molecular weight excluding hydrogens is 338 g/mol. The molecule has 1 aromatic rings. The third-order valence-electron chi connectivity index (χ3n) is 3.86. The summed E-state index contributed by atoms with van der Waals surface area (Å²) in [7, 11) is 1.33. The molecular formula is C16H20ClNO4S. The van der Waals surface area contributed by atoms with Crippen LogP contribution in [0, 0.1) is 0 Å². The number of ether oxygens (including phenoxy) is 1. The Morgan fingerprint density at radius 1 is 1.43 bits per heavy atom. The maximum atomic E-state index is 12.3. The van der Waals surface area contributed by atoms with E-state index in [4.69, 9.17) is 16.3 Å². The van der Waals surface area contributed by atoms with E-state index < -0.39 is 18.1 Å². The van der Waals surface area contributed by atoms with Gasteiger partial charge in [0.1, 0.15) is 6.04 Å². The molecule has 0 spiro atoms. The molecule has 0 aliphatic carbocycles. The first-order valence-corrected chi connectivity index (χ1v) is 8.61. The summed E-state index contributed by atoms with van der Waals surface area (Å²) in [6, 6.07) is 6.46. The molecule has 1 aliphatic rings. The summed E-state index contributed by atoms with van der Waals surface area (Å²) in [6.45, 7) is 2.35. The molecule has 1 aromatic carbocycles. The SMILES string of the molecule is COC(=O)[C@H](c1ccccc1Cl)N1CCC(SC(C)=O)C(O)C1. The highest BCUT2D eigenvalue weighted by atomic mass is 35.5. The van der Waals surface area contributed by atoms with Crippen molar-refractivity contribution in [3.05, 3.63) is 34.9 Å². The molecule has 1 heterocycles. The van der Waals surface area contributed by atoms with Gasteiger partial charge in [0.15, 0.2) is 5.12 Å². The molecule has 1 fully saturated rings. The summed E-state index contributed by atoms with van der Waals surface area (Å²) in [5.74, 6) is -0.414. The van der Waals surface area contributed by atoms with E-state index in [0.717, 1.165) is 11.8 Å². The van der Waals surface area contributed by atoms with Crippen LogP contribution in [-0.4, -0.2) is 52.6 Å². The lowest BCUT2D eigenvalue weighted by Crippen LogP contribution is -2.49.